The van der Waals surface area contributed by atoms with Crippen LogP contribution in [0.2, 0.25) is 0 Å². The van der Waals surface area contributed by atoms with Gasteiger partial charge in [-0.1, -0.05) is 20.8 Å². The molecule has 1 saturated carbocycles. The fourth-order valence-corrected chi connectivity index (χ4v) is 4.64. The molecule has 4 N–H and O–H groups in total. The maximum absolute atomic E-state index is 13.1. The number of nitrogens with one attached hydrogen (secondary N) is 1. The van der Waals surface area contributed by atoms with E-state index in [9.17, 15) is 26.7 Å². The van der Waals surface area contributed by atoms with E-state index in [1.54, 1.807) is 0 Å². The summed E-state index contributed by atoms with van der Waals surface area (Å²) >= 11 is 0. The summed E-state index contributed by atoms with van der Waals surface area (Å²) in [7, 11) is -4.27. The van der Waals surface area contributed by atoms with Crippen molar-refractivity contribution in [3.8, 4) is 0 Å². The molecule has 0 aliphatic heterocycles. The van der Waals surface area contributed by atoms with Crippen molar-refractivity contribution in [2.24, 2.45) is 16.0 Å². The maximum Gasteiger partial charge on any atom is 0.416 e. The molecule has 148 valence electrons. The van der Waals surface area contributed by atoms with E-state index in [-0.39, 0.29) is 16.5 Å². The van der Waals surface area contributed by atoms with Crippen LogP contribution < -0.4 is 10.5 Å². The van der Waals surface area contributed by atoms with E-state index in [2.05, 4.69) is 5.32 Å². The van der Waals surface area contributed by atoms with Crippen LogP contribution in [0.15, 0.2) is 23.1 Å². The van der Waals surface area contributed by atoms with Crippen LogP contribution in [-0.4, -0.2) is 26.2 Å². The van der Waals surface area contributed by atoms with E-state index in [0.29, 0.717) is 25.5 Å². The summed E-state index contributed by atoms with van der Waals surface area (Å²) < 4.78 is 62.2. The minimum absolute atomic E-state index is 0.0305. The fraction of sp³-hybridized carbons (Fsp3) is 0.647. The highest BCUT2D eigenvalue weighted by Gasteiger charge is 2.40. The highest BCUT2D eigenvalue weighted by atomic mass is 32.2. The van der Waals surface area contributed by atoms with Crippen LogP contribution in [0.3, 0.4) is 0 Å². The van der Waals surface area contributed by atoms with Gasteiger partial charge in [0.2, 0.25) is 10.0 Å². The molecular formula is C17H25F3N2O3S. The van der Waals surface area contributed by atoms with E-state index in [0.717, 1.165) is 18.6 Å². The predicted molar refractivity (Wildman–Crippen MR) is 93.1 cm³/mol. The number of rotatable bonds is 4. The number of sulfonamides is 1. The molecule has 0 heterocycles. The monoisotopic (exact) mass is 394 g/mol. The summed E-state index contributed by atoms with van der Waals surface area (Å²) in [6.07, 6.45) is -3.20. The summed E-state index contributed by atoms with van der Waals surface area (Å²) in [5.41, 5.74) is -1.48. The minimum Gasteiger partial charge on any atom is -0.393 e. The average Bonchev–Trinajstić information content (AvgIpc) is 2.40. The fourth-order valence-electron chi connectivity index (χ4n) is 4.06. The smallest absolute Gasteiger partial charge is 0.393 e. The first-order chi connectivity index (χ1) is 11.6. The summed E-state index contributed by atoms with van der Waals surface area (Å²) in [5, 5.41) is 18.0. The Labute approximate surface area is 151 Å². The lowest BCUT2D eigenvalue weighted by Crippen LogP contribution is -2.42. The Bertz CT molecular complexity index is 778. The number of hydrogen-bond acceptors (Lipinski definition) is 4. The summed E-state index contributed by atoms with van der Waals surface area (Å²) in [6, 6.07) is 2.48. The van der Waals surface area contributed by atoms with Crippen molar-refractivity contribution in [1.82, 2.24) is 0 Å². The summed E-state index contributed by atoms with van der Waals surface area (Å²) in [5.74, 6) is 0. The van der Waals surface area contributed by atoms with Crippen LogP contribution in [0.4, 0.5) is 18.9 Å². The lowest BCUT2D eigenvalue weighted by Gasteiger charge is -2.45. The number of benzene rings is 1. The van der Waals surface area contributed by atoms with Gasteiger partial charge in [-0.2, -0.15) is 13.2 Å². The van der Waals surface area contributed by atoms with Crippen LogP contribution in [0, 0.1) is 10.8 Å². The van der Waals surface area contributed by atoms with Crippen LogP contribution in [0.5, 0.6) is 0 Å². The predicted octanol–water partition coefficient (Wildman–Crippen LogP) is 3.34. The normalized spacial score (nSPS) is 26.5. The summed E-state index contributed by atoms with van der Waals surface area (Å²) in [4.78, 5) is -0.594. The van der Waals surface area contributed by atoms with Crippen LogP contribution in [0.25, 0.3) is 0 Å². The van der Waals surface area contributed by atoms with E-state index in [1.807, 2.05) is 20.8 Å². The van der Waals surface area contributed by atoms with Crippen molar-refractivity contribution < 1.29 is 26.7 Å². The third-order valence-corrected chi connectivity index (χ3v) is 5.60. The Kier molecular flexibility index (Phi) is 5.40. The Balaban J connectivity index is 2.29. The van der Waals surface area contributed by atoms with Gasteiger partial charge in [0.1, 0.15) is 0 Å². The molecule has 0 bridgehead atoms. The average molecular weight is 394 g/mol. The topological polar surface area (TPSA) is 92.4 Å². The van der Waals surface area contributed by atoms with Crippen LogP contribution >= 0.6 is 0 Å². The second-order valence-corrected chi connectivity index (χ2v) is 9.92. The second kappa shape index (κ2) is 6.69. The molecule has 5 nitrogen and oxygen atoms in total. The van der Waals surface area contributed by atoms with E-state index >= 15 is 0 Å². The Morgan fingerprint density at radius 1 is 1.23 bits per heavy atom. The molecule has 1 aliphatic carbocycles. The van der Waals surface area contributed by atoms with Gasteiger partial charge >= 0.3 is 6.18 Å². The lowest BCUT2D eigenvalue weighted by atomic mass is 9.63. The molecule has 1 aromatic rings. The van der Waals surface area contributed by atoms with E-state index < -0.39 is 32.8 Å². The molecule has 0 amide bonds. The zero-order valence-corrected chi connectivity index (χ0v) is 15.8. The van der Waals surface area contributed by atoms with Crippen molar-refractivity contribution in [1.29, 1.82) is 0 Å². The first-order valence-electron chi connectivity index (χ1n) is 8.27. The van der Waals surface area contributed by atoms with Crippen molar-refractivity contribution in [2.75, 3.05) is 11.9 Å². The number of aliphatic hydroxyl groups is 1. The molecule has 0 unspecified atom stereocenters. The van der Waals surface area contributed by atoms with Gasteiger partial charge in [-0.25, -0.2) is 13.6 Å². The number of alkyl halides is 3. The van der Waals surface area contributed by atoms with Crippen LogP contribution in [-0.2, 0) is 16.2 Å². The van der Waals surface area contributed by atoms with Gasteiger partial charge in [-0.3, -0.25) is 0 Å². The van der Waals surface area contributed by atoms with Gasteiger partial charge in [0.05, 0.1) is 16.6 Å². The largest absolute Gasteiger partial charge is 0.416 e. The lowest BCUT2D eigenvalue weighted by molar-refractivity contribution is -0.137. The highest BCUT2D eigenvalue weighted by Crippen LogP contribution is 2.46. The molecule has 9 heteroatoms. The Morgan fingerprint density at radius 3 is 2.35 bits per heavy atom. The number of halogens is 3. The Morgan fingerprint density at radius 2 is 1.85 bits per heavy atom. The number of hydrogen-bond donors (Lipinski definition) is 3. The standard InChI is InChI=1S/C17H25F3N2O3S/c1-15(2)7-13(23)8-16(3,9-15)10-22-12-4-11(17(18,19)20)5-14(6-12)26(21,24)25/h4-6,13,22-23H,7-10H2,1-3H3,(H2,21,24,25)/t13-,16-/m0/s1. The first-order valence-corrected chi connectivity index (χ1v) is 9.81. The van der Waals surface area contributed by atoms with Gasteiger partial charge in [0, 0.05) is 12.2 Å². The van der Waals surface area contributed by atoms with Crippen molar-refractivity contribution in [3.05, 3.63) is 23.8 Å². The molecule has 0 aromatic heterocycles. The Hall–Kier alpha value is -1.32. The molecule has 1 aliphatic rings. The third-order valence-electron chi connectivity index (χ3n) is 4.70. The third kappa shape index (κ3) is 5.34. The van der Waals surface area contributed by atoms with Gasteiger partial charge in [0.25, 0.3) is 0 Å². The molecule has 2 atom stereocenters. The van der Waals surface area contributed by atoms with Gasteiger partial charge in [0.15, 0.2) is 0 Å². The van der Waals surface area contributed by atoms with Crippen molar-refractivity contribution in [3.63, 3.8) is 0 Å². The molecular weight excluding hydrogens is 369 g/mol. The van der Waals surface area contributed by atoms with Crippen molar-refractivity contribution >= 4 is 15.7 Å². The van der Waals surface area contributed by atoms with Gasteiger partial charge < -0.3 is 10.4 Å². The first kappa shape index (κ1) is 21.0. The minimum atomic E-state index is -4.69. The molecule has 26 heavy (non-hydrogen) atoms. The zero-order valence-electron chi connectivity index (χ0n) is 15.0. The molecule has 1 fully saturated rings. The number of primary sulfonamides is 1. The number of aliphatic hydroxyl groups excluding tert-OH is 1. The molecule has 1 aromatic carbocycles. The summed E-state index contributed by atoms with van der Waals surface area (Å²) in [6.45, 7) is 6.34. The van der Waals surface area contributed by atoms with Crippen molar-refractivity contribution in [2.45, 2.75) is 57.2 Å². The number of nitrogens with two attached hydrogens (primary N) is 1. The molecule has 0 radical (unpaired) electrons. The van der Waals surface area contributed by atoms with E-state index in [4.69, 9.17) is 5.14 Å². The quantitative estimate of drug-likeness (QED) is 0.730. The SMILES string of the molecule is CC1(C)C[C@H](O)C[C@](C)(CNc2cc(C(F)(F)F)cc(S(N)(=O)=O)c2)C1. The highest BCUT2D eigenvalue weighted by molar-refractivity contribution is 7.89. The van der Waals surface area contributed by atoms with Gasteiger partial charge in [-0.05, 0) is 48.3 Å². The molecule has 0 spiro atoms. The number of anilines is 1. The van der Waals surface area contributed by atoms with Gasteiger partial charge in [-0.15, -0.1) is 0 Å². The van der Waals surface area contributed by atoms with E-state index in [1.165, 1.54) is 0 Å². The van der Waals surface area contributed by atoms with Crippen LogP contribution in [0.1, 0.15) is 45.6 Å². The maximum atomic E-state index is 13.1. The molecule has 2 rings (SSSR count). The molecule has 0 saturated heterocycles. The zero-order chi connectivity index (χ0) is 20.0. The second-order valence-electron chi connectivity index (χ2n) is 8.36.